The molecule has 4 aromatic rings. The number of carbonyl (C=O) groups excluding carboxylic acids is 2. The van der Waals surface area contributed by atoms with Gasteiger partial charge in [-0.1, -0.05) is 35.9 Å². The van der Waals surface area contributed by atoms with E-state index in [9.17, 15) is 18.0 Å². The Morgan fingerprint density at radius 3 is 2.30 bits per heavy atom. The van der Waals surface area contributed by atoms with Gasteiger partial charge in [0.25, 0.3) is 0 Å². The first-order valence-electron chi connectivity index (χ1n) is 20.8. The summed E-state index contributed by atoms with van der Waals surface area (Å²) in [4.78, 5) is 40.5. The minimum atomic E-state index is -3.57. The topological polar surface area (TPSA) is 161 Å². The average Bonchev–Trinajstić information content (AvgIpc) is 3.22. The Morgan fingerprint density at radius 1 is 0.900 bits per heavy atom. The predicted molar refractivity (Wildman–Crippen MR) is 238 cm³/mol. The molecule has 3 aliphatic rings. The van der Waals surface area contributed by atoms with Crippen LogP contribution in [0.15, 0.2) is 71.8 Å². The van der Waals surface area contributed by atoms with Crippen LogP contribution in [0.3, 0.4) is 0 Å². The Hall–Kier alpha value is -4.96. The maximum absolute atomic E-state index is 13.1. The normalized spacial score (nSPS) is 18.5. The second kappa shape index (κ2) is 18.8. The molecule has 3 aliphatic heterocycles. The Balaban J connectivity index is 0.943. The molecule has 2 amide bonds. The molecule has 4 heterocycles. The minimum absolute atomic E-state index is 0.0744. The number of aromatic nitrogens is 2. The Kier molecular flexibility index (Phi) is 13.5. The minimum Gasteiger partial charge on any atom is -0.489 e. The van der Waals surface area contributed by atoms with Crippen molar-refractivity contribution in [3.05, 3.63) is 83.0 Å². The zero-order valence-corrected chi connectivity index (χ0v) is 36.6. The van der Waals surface area contributed by atoms with E-state index in [0.717, 1.165) is 75.6 Å². The monoisotopic (exact) mass is 857 g/mol. The summed E-state index contributed by atoms with van der Waals surface area (Å²) >= 11 is 6.52. The summed E-state index contributed by atoms with van der Waals surface area (Å²) in [7, 11) is -3.57. The number of nitrogens with zero attached hydrogens (tertiary/aromatic N) is 5. The lowest BCUT2D eigenvalue weighted by atomic mass is 10.00. The molecule has 3 saturated heterocycles. The number of nitrogens with one attached hydrogen (secondary N) is 4. The van der Waals surface area contributed by atoms with Crippen molar-refractivity contribution in [3.63, 3.8) is 0 Å². The largest absolute Gasteiger partial charge is 0.489 e. The Bertz CT molecular complexity index is 2280. The number of sulfone groups is 1. The molecular formula is C44H56ClN9O5S. The number of ether oxygens (including phenoxy) is 1. The van der Waals surface area contributed by atoms with Gasteiger partial charge in [0, 0.05) is 75.7 Å². The number of imide groups is 1. The number of halogens is 1. The lowest BCUT2D eigenvalue weighted by Gasteiger charge is -2.43. The van der Waals surface area contributed by atoms with Gasteiger partial charge in [-0.2, -0.15) is 4.98 Å². The van der Waals surface area contributed by atoms with Gasteiger partial charge < -0.3 is 25.6 Å². The summed E-state index contributed by atoms with van der Waals surface area (Å²) in [5.74, 6) is 0.772. The van der Waals surface area contributed by atoms with E-state index in [2.05, 4.69) is 77.1 Å². The summed E-state index contributed by atoms with van der Waals surface area (Å²) in [6.07, 6.45) is 4.43. The number of hydrogen-bond acceptors (Lipinski definition) is 13. The highest BCUT2D eigenvalue weighted by Gasteiger charge is 2.30. The number of benzene rings is 3. The third kappa shape index (κ3) is 10.3. The number of aryl methyl sites for hydroxylation is 1. The van der Waals surface area contributed by atoms with Crippen molar-refractivity contribution in [1.82, 2.24) is 25.1 Å². The number of rotatable bonds is 14. The summed E-state index contributed by atoms with van der Waals surface area (Å²) in [5, 5.41) is 11.8. The fourth-order valence-electron chi connectivity index (χ4n) is 8.06. The maximum atomic E-state index is 13.1. The van der Waals surface area contributed by atoms with Crippen LogP contribution in [-0.2, 0) is 26.0 Å². The van der Waals surface area contributed by atoms with Gasteiger partial charge in [-0.05, 0) is 95.3 Å². The first kappa shape index (κ1) is 43.1. The first-order chi connectivity index (χ1) is 28.7. The molecule has 14 nitrogen and oxygen atoms in total. The highest BCUT2D eigenvalue weighted by Crippen LogP contribution is 2.38. The van der Waals surface area contributed by atoms with E-state index in [-0.39, 0.29) is 45.6 Å². The second-order valence-electron chi connectivity index (χ2n) is 16.4. The molecule has 0 spiro atoms. The zero-order chi connectivity index (χ0) is 42.6. The summed E-state index contributed by atoms with van der Waals surface area (Å²) in [5.41, 5.74) is 5.46. The van der Waals surface area contributed by atoms with E-state index in [1.54, 1.807) is 38.1 Å². The lowest BCUT2D eigenvalue weighted by molar-refractivity contribution is -0.133. The number of piperazine rings is 1. The highest BCUT2D eigenvalue weighted by molar-refractivity contribution is 7.92. The second-order valence-corrected chi connectivity index (χ2v) is 19.3. The molecule has 4 N–H and O–H groups in total. The molecule has 3 fully saturated rings. The van der Waals surface area contributed by atoms with E-state index < -0.39 is 15.1 Å². The van der Waals surface area contributed by atoms with E-state index in [1.807, 2.05) is 26.0 Å². The van der Waals surface area contributed by atoms with Crippen LogP contribution < -0.4 is 30.9 Å². The number of carbonyl (C=O) groups is 2. The van der Waals surface area contributed by atoms with Crippen molar-refractivity contribution < 1.29 is 22.7 Å². The predicted octanol–water partition coefficient (Wildman–Crippen LogP) is 6.90. The fourth-order valence-corrected chi connectivity index (χ4v) is 9.40. The lowest BCUT2D eigenvalue weighted by Crippen LogP contribution is -2.53. The van der Waals surface area contributed by atoms with Crippen molar-refractivity contribution in [2.75, 3.05) is 60.1 Å². The maximum Gasteiger partial charge on any atom is 0.249 e. The van der Waals surface area contributed by atoms with E-state index in [0.29, 0.717) is 36.0 Å². The van der Waals surface area contributed by atoms with Crippen LogP contribution in [0.1, 0.15) is 64.5 Å². The van der Waals surface area contributed by atoms with Crippen molar-refractivity contribution >= 4 is 67.8 Å². The molecule has 1 unspecified atom stereocenters. The standard InChI is InChI=1S/C44H56ClN9O5S/c1-28(2)59-39-25-38(30(5)24-37(39)49-44-46-26-34(45)42(51-44)48-35-8-6-7-9-40(35)60(57,58)29(3)4)54-18-16-33(17-19-54)53-22-20-52(21-23-53)27-31-10-12-32(13-11-31)47-36-14-15-41(55)50-43(36)56/h6-13,24-26,28-29,33,36,47H,14-23,27H2,1-5H3,(H,50,55,56)(H2,46,48,49,51). The SMILES string of the molecule is Cc1cc(Nc2ncc(Cl)c(Nc3ccccc3S(=O)(=O)C(C)C)n2)c(OC(C)C)cc1N1CCC(N2CCN(Cc3ccc(NC4CCC(=O)NC4=O)cc3)CC2)CC1. The van der Waals surface area contributed by atoms with Gasteiger partial charge in [0.15, 0.2) is 15.7 Å². The van der Waals surface area contributed by atoms with Crippen LogP contribution in [0.25, 0.3) is 0 Å². The van der Waals surface area contributed by atoms with Crippen LogP contribution in [0.5, 0.6) is 5.75 Å². The quantitative estimate of drug-likeness (QED) is 0.0971. The van der Waals surface area contributed by atoms with Crippen LogP contribution in [0, 0.1) is 6.92 Å². The third-order valence-electron chi connectivity index (χ3n) is 11.4. The molecule has 1 atom stereocenters. The van der Waals surface area contributed by atoms with Crippen molar-refractivity contribution in [3.8, 4) is 5.75 Å². The number of hydrogen-bond donors (Lipinski definition) is 4. The summed E-state index contributed by atoms with van der Waals surface area (Å²) in [6.45, 7) is 16.3. The number of anilines is 6. The number of para-hydroxylation sites is 1. The molecule has 7 rings (SSSR count). The van der Waals surface area contributed by atoms with Gasteiger partial charge in [0.05, 0.1) is 33.8 Å². The molecule has 0 radical (unpaired) electrons. The molecule has 0 bridgehead atoms. The molecule has 16 heteroatoms. The average molecular weight is 859 g/mol. The zero-order valence-electron chi connectivity index (χ0n) is 35.0. The molecule has 3 aromatic carbocycles. The fraction of sp³-hybridized carbons (Fsp3) is 0.455. The van der Waals surface area contributed by atoms with E-state index >= 15 is 0 Å². The smallest absolute Gasteiger partial charge is 0.249 e. The highest BCUT2D eigenvalue weighted by atomic mass is 35.5. The van der Waals surface area contributed by atoms with Crippen molar-refractivity contribution in [2.24, 2.45) is 0 Å². The summed E-state index contributed by atoms with van der Waals surface area (Å²) < 4.78 is 32.5. The van der Waals surface area contributed by atoms with Gasteiger partial charge in [0.1, 0.15) is 16.8 Å². The molecule has 1 aromatic heterocycles. The van der Waals surface area contributed by atoms with Crippen LogP contribution >= 0.6 is 11.6 Å². The summed E-state index contributed by atoms with van der Waals surface area (Å²) in [6, 6.07) is 19.3. The van der Waals surface area contributed by atoms with Crippen molar-refractivity contribution in [1.29, 1.82) is 0 Å². The van der Waals surface area contributed by atoms with Crippen LogP contribution in [0.4, 0.5) is 34.5 Å². The van der Waals surface area contributed by atoms with E-state index in [1.165, 1.54) is 11.8 Å². The number of amides is 2. The number of piperidine rings is 2. The van der Waals surface area contributed by atoms with Gasteiger partial charge in [-0.25, -0.2) is 13.4 Å². The van der Waals surface area contributed by atoms with Gasteiger partial charge >= 0.3 is 0 Å². The molecule has 0 aliphatic carbocycles. The van der Waals surface area contributed by atoms with Gasteiger partial charge in [0.2, 0.25) is 17.8 Å². The molecular weight excluding hydrogens is 802 g/mol. The third-order valence-corrected chi connectivity index (χ3v) is 13.9. The molecule has 60 heavy (non-hydrogen) atoms. The first-order valence-corrected chi connectivity index (χ1v) is 22.8. The Labute approximate surface area is 358 Å². The Morgan fingerprint density at radius 2 is 1.62 bits per heavy atom. The van der Waals surface area contributed by atoms with E-state index in [4.69, 9.17) is 16.3 Å². The molecule has 320 valence electrons. The van der Waals surface area contributed by atoms with Crippen LogP contribution in [0.2, 0.25) is 5.02 Å². The molecule has 0 saturated carbocycles. The van der Waals surface area contributed by atoms with Gasteiger partial charge in [-0.15, -0.1) is 0 Å². The van der Waals surface area contributed by atoms with Crippen LogP contribution in [-0.4, -0.2) is 103 Å². The van der Waals surface area contributed by atoms with Gasteiger partial charge in [-0.3, -0.25) is 24.7 Å². The van der Waals surface area contributed by atoms with Crippen molar-refractivity contribution in [2.45, 2.75) is 95.2 Å².